The second-order valence-electron chi connectivity index (χ2n) is 3.72. The maximum atomic E-state index is 12.1. The van der Waals surface area contributed by atoms with Crippen LogP contribution in [0.1, 0.15) is 11.4 Å². The van der Waals surface area contributed by atoms with Crippen molar-refractivity contribution in [3.63, 3.8) is 0 Å². The Hall–Kier alpha value is -2.09. The van der Waals surface area contributed by atoms with Gasteiger partial charge in [0, 0.05) is 5.69 Å². The number of sulfonamides is 1. The summed E-state index contributed by atoms with van der Waals surface area (Å²) in [5.74, 6) is 0.344. The summed E-state index contributed by atoms with van der Waals surface area (Å²) in [6.07, 6.45) is 0. The van der Waals surface area contributed by atoms with Crippen molar-refractivity contribution in [2.45, 2.75) is 18.7 Å². The van der Waals surface area contributed by atoms with E-state index >= 15 is 0 Å². The van der Waals surface area contributed by atoms with Crippen molar-refractivity contribution in [3.8, 4) is 0 Å². The standard InChI is InChI=1S/C10H12N4O3S/c1-6-8(11)4-3-5-9(6)18(15,16)14-10-12-7(2)13-17-10/h3-5H,11H2,1-2H3,(H,12,13,14). The van der Waals surface area contributed by atoms with E-state index in [0.717, 1.165) is 0 Å². The molecule has 0 unspecified atom stereocenters. The lowest BCUT2D eigenvalue weighted by Crippen LogP contribution is -2.15. The molecular formula is C10H12N4O3S. The van der Waals surface area contributed by atoms with E-state index in [1.807, 2.05) is 0 Å². The van der Waals surface area contributed by atoms with Gasteiger partial charge < -0.3 is 10.3 Å². The molecule has 18 heavy (non-hydrogen) atoms. The summed E-state index contributed by atoms with van der Waals surface area (Å²) in [5, 5.41) is 3.50. The predicted octanol–water partition coefficient (Wildman–Crippen LogP) is 1.07. The number of nitrogen functional groups attached to an aromatic ring is 1. The number of hydrogen-bond donors (Lipinski definition) is 2. The number of hydrogen-bond acceptors (Lipinski definition) is 6. The number of nitrogens with one attached hydrogen (secondary N) is 1. The van der Waals surface area contributed by atoms with E-state index < -0.39 is 10.0 Å². The predicted molar refractivity (Wildman–Crippen MR) is 65.4 cm³/mol. The van der Waals surface area contributed by atoms with Crippen LogP contribution in [0.15, 0.2) is 27.6 Å². The van der Waals surface area contributed by atoms with Gasteiger partial charge in [0.05, 0.1) is 4.90 Å². The molecule has 1 aromatic carbocycles. The van der Waals surface area contributed by atoms with E-state index in [1.165, 1.54) is 6.07 Å². The number of aromatic nitrogens is 2. The maximum absolute atomic E-state index is 12.1. The van der Waals surface area contributed by atoms with E-state index in [2.05, 4.69) is 14.9 Å². The summed E-state index contributed by atoms with van der Waals surface area (Å²) in [6, 6.07) is 4.48. The molecule has 8 heteroatoms. The zero-order chi connectivity index (χ0) is 13.3. The van der Waals surface area contributed by atoms with Gasteiger partial charge in [-0.3, -0.25) is 0 Å². The molecule has 0 saturated heterocycles. The molecule has 0 atom stereocenters. The van der Waals surface area contributed by atoms with Crippen LogP contribution >= 0.6 is 0 Å². The third-order valence-corrected chi connectivity index (χ3v) is 3.83. The molecule has 0 aliphatic carbocycles. The van der Waals surface area contributed by atoms with Crippen molar-refractivity contribution in [1.29, 1.82) is 0 Å². The van der Waals surface area contributed by atoms with Crippen molar-refractivity contribution in [1.82, 2.24) is 10.1 Å². The molecule has 0 fully saturated rings. The highest BCUT2D eigenvalue weighted by atomic mass is 32.2. The molecule has 3 N–H and O–H groups in total. The van der Waals surface area contributed by atoms with Gasteiger partial charge >= 0.3 is 6.01 Å². The lowest BCUT2D eigenvalue weighted by molar-refractivity contribution is 0.429. The van der Waals surface area contributed by atoms with Crippen LogP contribution < -0.4 is 10.5 Å². The van der Waals surface area contributed by atoms with Crippen molar-refractivity contribution in [3.05, 3.63) is 29.6 Å². The van der Waals surface area contributed by atoms with Crippen LogP contribution in [0.2, 0.25) is 0 Å². The van der Waals surface area contributed by atoms with Crippen molar-refractivity contribution in [2.75, 3.05) is 10.5 Å². The molecule has 0 radical (unpaired) electrons. The Labute approximate surface area is 104 Å². The number of rotatable bonds is 3. The van der Waals surface area contributed by atoms with Gasteiger partial charge in [0.25, 0.3) is 10.0 Å². The van der Waals surface area contributed by atoms with E-state index in [-0.39, 0.29) is 10.9 Å². The fourth-order valence-electron chi connectivity index (χ4n) is 1.43. The number of anilines is 2. The van der Waals surface area contributed by atoms with Crippen molar-refractivity contribution >= 4 is 21.7 Å². The monoisotopic (exact) mass is 268 g/mol. The smallest absolute Gasteiger partial charge is 0.335 e. The molecule has 0 amide bonds. The molecule has 0 aliphatic heterocycles. The molecule has 1 heterocycles. The molecular weight excluding hydrogens is 256 g/mol. The number of nitrogens with two attached hydrogens (primary N) is 1. The summed E-state index contributed by atoms with van der Waals surface area (Å²) < 4.78 is 31.1. The highest BCUT2D eigenvalue weighted by Gasteiger charge is 2.20. The van der Waals surface area contributed by atoms with E-state index in [0.29, 0.717) is 17.1 Å². The first-order valence-electron chi connectivity index (χ1n) is 5.08. The second-order valence-corrected chi connectivity index (χ2v) is 5.37. The fraction of sp³-hybridized carbons (Fsp3) is 0.200. The first-order chi connectivity index (χ1) is 8.40. The van der Waals surface area contributed by atoms with Crippen LogP contribution in [0.25, 0.3) is 0 Å². The van der Waals surface area contributed by atoms with Crippen molar-refractivity contribution < 1.29 is 12.9 Å². The van der Waals surface area contributed by atoms with Crippen LogP contribution in [-0.2, 0) is 10.0 Å². The minimum atomic E-state index is -3.78. The zero-order valence-corrected chi connectivity index (χ0v) is 10.7. The Balaban J connectivity index is 2.40. The van der Waals surface area contributed by atoms with Gasteiger partial charge in [0.1, 0.15) is 0 Å². The van der Waals surface area contributed by atoms with Crippen LogP contribution in [0.3, 0.4) is 0 Å². The molecule has 0 spiro atoms. The molecule has 0 bridgehead atoms. The topological polar surface area (TPSA) is 111 Å². The normalized spacial score (nSPS) is 11.4. The van der Waals surface area contributed by atoms with Gasteiger partial charge in [-0.2, -0.15) is 4.98 Å². The SMILES string of the molecule is Cc1noc(NS(=O)(=O)c2cccc(N)c2C)n1. The van der Waals surface area contributed by atoms with Crippen LogP contribution in [0.5, 0.6) is 0 Å². The average molecular weight is 268 g/mol. The summed E-state index contributed by atoms with van der Waals surface area (Å²) in [4.78, 5) is 3.86. The zero-order valence-electron chi connectivity index (χ0n) is 9.84. The third kappa shape index (κ3) is 2.28. The molecule has 96 valence electrons. The summed E-state index contributed by atoms with van der Waals surface area (Å²) in [5.41, 5.74) is 6.55. The minimum absolute atomic E-state index is 0.0818. The summed E-state index contributed by atoms with van der Waals surface area (Å²) in [7, 11) is -3.78. The van der Waals surface area contributed by atoms with Gasteiger partial charge in [-0.25, -0.2) is 13.1 Å². The molecule has 0 aliphatic rings. The van der Waals surface area contributed by atoms with Gasteiger partial charge in [-0.05, 0) is 31.5 Å². The van der Waals surface area contributed by atoms with E-state index in [1.54, 1.807) is 26.0 Å². The number of aryl methyl sites for hydroxylation is 1. The quantitative estimate of drug-likeness (QED) is 0.805. The lowest BCUT2D eigenvalue weighted by Gasteiger charge is -2.08. The highest BCUT2D eigenvalue weighted by Crippen LogP contribution is 2.22. The minimum Gasteiger partial charge on any atom is -0.398 e. The molecule has 7 nitrogen and oxygen atoms in total. The van der Waals surface area contributed by atoms with Crippen LogP contribution in [0.4, 0.5) is 11.7 Å². The van der Waals surface area contributed by atoms with Gasteiger partial charge in [0.15, 0.2) is 5.82 Å². The van der Waals surface area contributed by atoms with E-state index in [4.69, 9.17) is 10.3 Å². The Morgan fingerprint density at radius 2 is 2.06 bits per heavy atom. The summed E-state index contributed by atoms with van der Waals surface area (Å²) >= 11 is 0. The molecule has 2 aromatic rings. The summed E-state index contributed by atoms with van der Waals surface area (Å²) in [6.45, 7) is 3.22. The maximum Gasteiger partial charge on any atom is 0.335 e. The fourth-order valence-corrected chi connectivity index (χ4v) is 2.63. The Bertz CT molecular complexity index is 678. The van der Waals surface area contributed by atoms with Gasteiger partial charge in [-0.15, -0.1) is 0 Å². The van der Waals surface area contributed by atoms with Crippen molar-refractivity contribution in [2.24, 2.45) is 0 Å². The Kier molecular flexibility index (Phi) is 2.95. The number of nitrogens with zero attached hydrogens (tertiary/aromatic N) is 2. The average Bonchev–Trinajstić information content (AvgIpc) is 2.67. The van der Waals surface area contributed by atoms with E-state index in [9.17, 15) is 8.42 Å². The third-order valence-electron chi connectivity index (χ3n) is 2.36. The molecule has 0 saturated carbocycles. The first-order valence-corrected chi connectivity index (χ1v) is 6.56. The van der Waals surface area contributed by atoms with Gasteiger partial charge in [0.2, 0.25) is 0 Å². The largest absolute Gasteiger partial charge is 0.398 e. The molecule has 1 aromatic heterocycles. The first kappa shape index (κ1) is 12.4. The Morgan fingerprint density at radius 1 is 1.33 bits per heavy atom. The van der Waals surface area contributed by atoms with Crippen LogP contribution in [-0.4, -0.2) is 18.6 Å². The highest BCUT2D eigenvalue weighted by molar-refractivity contribution is 7.92. The lowest BCUT2D eigenvalue weighted by atomic mass is 10.2. The van der Waals surface area contributed by atoms with Crippen LogP contribution in [0, 0.1) is 13.8 Å². The van der Waals surface area contributed by atoms with Gasteiger partial charge in [-0.1, -0.05) is 11.2 Å². The Morgan fingerprint density at radius 3 is 2.67 bits per heavy atom. The number of benzene rings is 1. The second kappa shape index (κ2) is 4.30. The molecule has 2 rings (SSSR count).